The van der Waals surface area contributed by atoms with Crippen molar-refractivity contribution in [2.24, 2.45) is 0 Å². The molecule has 0 radical (unpaired) electrons. The molecule has 0 unspecified atom stereocenters. The van der Waals surface area contributed by atoms with Gasteiger partial charge < -0.3 is 9.64 Å². The fraction of sp³-hybridized carbons (Fsp3) is 0.444. The zero-order valence-electron chi connectivity index (χ0n) is 20.2. The average molecular weight is 457 g/mol. The van der Waals surface area contributed by atoms with Crippen LogP contribution in [0.25, 0.3) is 27.8 Å². The van der Waals surface area contributed by atoms with E-state index >= 15 is 0 Å². The molecule has 2 atom stereocenters. The van der Waals surface area contributed by atoms with E-state index in [1.165, 1.54) is 16.8 Å². The van der Waals surface area contributed by atoms with Crippen molar-refractivity contribution in [3.05, 3.63) is 54.5 Å². The number of nitrogens with zero attached hydrogens (tertiary/aromatic N) is 6. The lowest BCUT2D eigenvalue weighted by Gasteiger charge is -2.43. The first-order chi connectivity index (χ1) is 16.6. The molecule has 0 saturated carbocycles. The van der Waals surface area contributed by atoms with Crippen LogP contribution in [0.2, 0.25) is 0 Å². The van der Waals surface area contributed by atoms with Crippen molar-refractivity contribution < 1.29 is 4.74 Å². The van der Waals surface area contributed by atoms with Crippen LogP contribution in [0, 0.1) is 0 Å². The molecule has 4 aromatic rings. The smallest absolute Gasteiger partial charge is 0.179 e. The molecule has 0 amide bonds. The molecule has 7 nitrogen and oxygen atoms in total. The van der Waals surface area contributed by atoms with Crippen LogP contribution in [0.3, 0.4) is 0 Å². The van der Waals surface area contributed by atoms with Crippen LogP contribution in [0.5, 0.6) is 0 Å². The lowest BCUT2D eigenvalue weighted by molar-refractivity contribution is 0.0834. The Morgan fingerprint density at radius 2 is 1.59 bits per heavy atom. The molecule has 2 aliphatic rings. The van der Waals surface area contributed by atoms with Crippen molar-refractivity contribution in [3.8, 4) is 11.1 Å². The summed E-state index contributed by atoms with van der Waals surface area (Å²) in [6.45, 7) is 8.29. The zero-order chi connectivity index (χ0) is 23.2. The summed E-state index contributed by atoms with van der Waals surface area (Å²) in [5, 5.41) is 8.99. The SMILES string of the molecule is C[C@@H]1CN(c2ccc(-c3ccc4ncc5nnc(C6CCOCC6)n5c4c3)cc2)C[C@H](C)N1C. The van der Waals surface area contributed by atoms with Crippen LogP contribution in [0.1, 0.15) is 38.4 Å². The number of hydrogen-bond donors (Lipinski definition) is 0. The van der Waals surface area contributed by atoms with E-state index in [2.05, 4.69) is 92.7 Å². The second-order valence-corrected chi connectivity index (χ2v) is 9.92. The normalized spacial score (nSPS) is 22.6. The summed E-state index contributed by atoms with van der Waals surface area (Å²) in [5.41, 5.74) is 6.51. The number of fused-ring (bicyclic) bond motifs is 3. The highest BCUT2D eigenvalue weighted by atomic mass is 16.5. The highest BCUT2D eigenvalue weighted by Crippen LogP contribution is 2.31. The van der Waals surface area contributed by atoms with Gasteiger partial charge in [-0.2, -0.15) is 0 Å². The third-order valence-corrected chi connectivity index (χ3v) is 7.76. The number of likely N-dealkylation sites (N-methyl/N-ethyl adjacent to an activating group) is 1. The number of ether oxygens (including phenoxy) is 1. The van der Waals surface area contributed by atoms with Gasteiger partial charge in [0.15, 0.2) is 5.65 Å². The van der Waals surface area contributed by atoms with Gasteiger partial charge in [-0.25, -0.2) is 0 Å². The van der Waals surface area contributed by atoms with E-state index in [-0.39, 0.29) is 0 Å². The van der Waals surface area contributed by atoms with Gasteiger partial charge >= 0.3 is 0 Å². The number of piperazine rings is 1. The average Bonchev–Trinajstić information content (AvgIpc) is 3.32. The van der Waals surface area contributed by atoms with Crippen molar-refractivity contribution in [1.29, 1.82) is 0 Å². The van der Waals surface area contributed by atoms with Crippen LogP contribution in [-0.4, -0.2) is 69.9 Å². The number of hydrogen-bond acceptors (Lipinski definition) is 6. The molecule has 6 rings (SSSR count). The van der Waals surface area contributed by atoms with E-state index in [9.17, 15) is 0 Å². The molecule has 2 aromatic heterocycles. The first-order valence-corrected chi connectivity index (χ1v) is 12.4. The van der Waals surface area contributed by atoms with E-state index in [4.69, 9.17) is 4.74 Å². The first-order valence-electron chi connectivity index (χ1n) is 12.4. The van der Waals surface area contributed by atoms with Crippen LogP contribution in [0.15, 0.2) is 48.7 Å². The van der Waals surface area contributed by atoms with Gasteiger partial charge in [0.25, 0.3) is 0 Å². The zero-order valence-corrected chi connectivity index (χ0v) is 20.2. The minimum Gasteiger partial charge on any atom is -0.381 e. The second kappa shape index (κ2) is 8.64. The Labute approximate surface area is 200 Å². The third-order valence-electron chi connectivity index (χ3n) is 7.76. The fourth-order valence-corrected chi connectivity index (χ4v) is 5.46. The van der Waals surface area contributed by atoms with E-state index < -0.39 is 0 Å². The maximum atomic E-state index is 5.57. The third kappa shape index (κ3) is 3.73. The largest absolute Gasteiger partial charge is 0.381 e. The summed E-state index contributed by atoms with van der Waals surface area (Å²) in [6.07, 6.45) is 3.79. The van der Waals surface area contributed by atoms with Crippen LogP contribution >= 0.6 is 0 Å². The van der Waals surface area contributed by atoms with Crippen molar-refractivity contribution in [1.82, 2.24) is 24.5 Å². The van der Waals surface area contributed by atoms with Gasteiger partial charge in [0.05, 0.1) is 17.2 Å². The highest BCUT2D eigenvalue weighted by Gasteiger charge is 2.26. The summed E-state index contributed by atoms with van der Waals surface area (Å²) in [5.74, 6) is 1.39. The molecule has 4 heterocycles. The highest BCUT2D eigenvalue weighted by molar-refractivity contribution is 5.84. The van der Waals surface area contributed by atoms with Gasteiger partial charge in [0, 0.05) is 50.0 Å². The van der Waals surface area contributed by atoms with Gasteiger partial charge in [-0.05, 0) is 69.1 Å². The molecule has 0 aliphatic carbocycles. The molecule has 0 spiro atoms. The van der Waals surface area contributed by atoms with Crippen molar-refractivity contribution >= 4 is 22.4 Å². The first kappa shape index (κ1) is 21.5. The molecule has 2 aromatic carbocycles. The van der Waals surface area contributed by atoms with Crippen LogP contribution < -0.4 is 4.90 Å². The molecule has 2 saturated heterocycles. The second-order valence-electron chi connectivity index (χ2n) is 9.92. The number of benzene rings is 2. The maximum absolute atomic E-state index is 5.57. The molecule has 7 heteroatoms. The Morgan fingerprint density at radius 1 is 0.882 bits per heavy atom. The monoisotopic (exact) mass is 456 g/mol. The molecule has 176 valence electrons. The Balaban J connectivity index is 1.35. The molecule has 2 aliphatic heterocycles. The molecule has 2 fully saturated rings. The predicted octanol–water partition coefficient (Wildman–Crippen LogP) is 4.37. The van der Waals surface area contributed by atoms with Gasteiger partial charge in [-0.3, -0.25) is 14.3 Å². The van der Waals surface area contributed by atoms with Gasteiger partial charge in [-0.15, -0.1) is 10.2 Å². The Kier molecular flexibility index (Phi) is 5.46. The Morgan fingerprint density at radius 3 is 2.32 bits per heavy atom. The van der Waals surface area contributed by atoms with E-state index in [1.807, 2.05) is 6.20 Å². The Hall–Kier alpha value is -3.03. The van der Waals surface area contributed by atoms with Crippen molar-refractivity contribution in [2.45, 2.75) is 44.7 Å². The van der Waals surface area contributed by atoms with Crippen molar-refractivity contribution in [3.63, 3.8) is 0 Å². The van der Waals surface area contributed by atoms with Crippen LogP contribution in [0.4, 0.5) is 5.69 Å². The minimum absolute atomic E-state index is 0.366. The number of rotatable bonds is 3. The molecule has 34 heavy (non-hydrogen) atoms. The summed E-state index contributed by atoms with van der Waals surface area (Å²) in [7, 11) is 2.23. The standard InChI is InChI=1S/C27H32N6O/c1-18-16-32(17-19(2)31(18)3)23-7-4-20(5-8-23)22-6-9-24-25(14-22)33-26(15-28-24)29-30-27(33)21-10-12-34-13-11-21/h4-9,14-15,18-19,21H,10-13,16-17H2,1-3H3/t18-,19+. The summed E-state index contributed by atoms with van der Waals surface area (Å²) >= 11 is 0. The van der Waals surface area contributed by atoms with Crippen LogP contribution in [-0.2, 0) is 4.74 Å². The summed E-state index contributed by atoms with van der Waals surface area (Å²) < 4.78 is 7.77. The van der Waals surface area contributed by atoms with E-state index in [0.717, 1.165) is 61.6 Å². The predicted molar refractivity (Wildman–Crippen MR) is 135 cm³/mol. The minimum atomic E-state index is 0.366. The molecular weight excluding hydrogens is 424 g/mol. The van der Waals surface area contributed by atoms with Gasteiger partial charge in [-0.1, -0.05) is 18.2 Å². The maximum Gasteiger partial charge on any atom is 0.179 e. The summed E-state index contributed by atoms with van der Waals surface area (Å²) in [6, 6.07) is 16.6. The fourth-order valence-electron chi connectivity index (χ4n) is 5.46. The van der Waals surface area contributed by atoms with Crippen molar-refractivity contribution in [2.75, 3.05) is 38.3 Å². The quantitative estimate of drug-likeness (QED) is 0.456. The molecule has 0 bridgehead atoms. The number of anilines is 1. The van der Waals surface area contributed by atoms with Gasteiger partial charge in [0.2, 0.25) is 0 Å². The van der Waals surface area contributed by atoms with Gasteiger partial charge in [0.1, 0.15) is 5.82 Å². The van der Waals surface area contributed by atoms with E-state index in [0.29, 0.717) is 18.0 Å². The Bertz CT molecular complexity index is 1300. The summed E-state index contributed by atoms with van der Waals surface area (Å²) in [4.78, 5) is 9.61. The molecular formula is C27H32N6O. The lowest BCUT2D eigenvalue weighted by Crippen LogP contribution is -2.55. The lowest BCUT2D eigenvalue weighted by atomic mass is 9.99. The molecule has 0 N–H and O–H groups in total. The van der Waals surface area contributed by atoms with E-state index in [1.54, 1.807) is 0 Å². The topological polar surface area (TPSA) is 58.8 Å². The number of aromatic nitrogens is 4.